The molecule has 3 nitrogen and oxygen atoms in total. The summed E-state index contributed by atoms with van der Waals surface area (Å²) in [4.78, 5) is 12.7. The number of methoxy groups -OCH3 is 2. The van der Waals surface area contributed by atoms with Crippen LogP contribution in [0.3, 0.4) is 0 Å². The molecule has 104 valence electrons. The molecule has 0 aliphatic heterocycles. The van der Waals surface area contributed by atoms with Crippen molar-refractivity contribution < 1.29 is 14.3 Å². The van der Waals surface area contributed by atoms with Crippen LogP contribution in [0.4, 0.5) is 0 Å². The van der Waals surface area contributed by atoms with Gasteiger partial charge in [0.15, 0.2) is 5.78 Å². The summed E-state index contributed by atoms with van der Waals surface area (Å²) < 4.78 is 10.7. The molecule has 0 saturated carbocycles. The quantitative estimate of drug-likeness (QED) is 0.797. The number of rotatable bonds is 4. The van der Waals surface area contributed by atoms with Gasteiger partial charge in [0.25, 0.3) is 0 Å². The number of carbonyl (C=O) groups excluding carboxylic acids is 1. The molecule has 0 atom stereocenters. The van der Waals surface area contributed by atoms with E-state index in [4.69, 9.17) is 9.47 Å². The maximum Gasteiger partial charge on any atom is 0.200 e. The second-order valence-electron chi connectivity index (χ2n) is 4.62. The first-order valence-corrected chi connectivity index (χ1v) is 6.42. The zero-order valence-electron chi connectivity index (χ0n) is 12.2. The van der Waals surface area contributed by atoms with Crippen molar-refractivity contribution in [3.05, 3.63) is 58.7 Å². The van der Waals surface area contributed by atoms with Gasteiger partial charge in [0.05, 0.1) is 25.3 Å². The van der Waals surface area contributed by atoms with Gasteiger partial charge in [-0.05, 0) is 43.2 Å². The van der Waals surface area contributed by atoms with E-state index in [0.717, 1.165) is 11.1 Å². The van der Waals surface area contributed by atoms with Crippen LogP contribution in [0.2, 0.25) is 0 Å². The lowest BCUT2D eigenvalue weighted by Crippen LogP contribution is -2.07. The maximum atomic E-state index is 12.7. The van der Waals surface area contributed by atoms with Gasteiger partial charge in [-0.2, -0.15) is 0 Å². The first-order chi connectivity index (χ1) is 9.60. The molecule has 2 rings (SSSR count). The highest BCUT2D eigenvalue weighted by atomic mass is 16.5. The summed E-state index contributed by atoms with van der Waals surface area (Å²) in [6, 6.07) is 10.9. The summed E-state index contributed by atoms with van der Waals surface area (Å²) in [5.41, 5.74) is 3.17. The molecule has 0 aliphatic carbocycles. The van der Waals surface area contributed by atoms with E-state index < -0.39 is 0 Å². The number of ketones is 1. The summed E-state index contributed by atoms with van der Waals surface area (Å²) in [5, 5.41) is 0. The average Bonchev–Trinajstić information content (AvgIpc) is 2.49. The van der Waals surface area contributed by atoms with Crippen molar-refractivity contribution in [1.29, 1.82) is 0 Å². The number of ether oxygens (including phenoxy) is 2. The molecule has 2 aromatic rings. The Hall–Kier alpha value is -2.29. The predicted octanol–water partition coefficient (Wildman–Crippen LogP) is 3.55. The van der Waals surface area contributed by atoms with Gasteiger partial charge in [-0.15, -0.1) is 0 Å². The lowest BCUT2D eigenvalue weighted by Gasteiger charge is -2.14. The van der Waals surface area contributed by atoms with Crippen molar-refractivity contribution in [2.45, 2.75) is 13.8 Å². The Kier molecular flexibility index (Phi) is 4.08. The average molecular weight is 270 g/mol. The zero-order valence-corrected chi connectivity index (χ0v) is 12.2. The van der Waals surface area contributed by atoms with Gasteiger partial charge in [-0.1, -0.05) is 18.2 Å². The molecule has 0 aromatic heterocycles. The highest BCUT2D eigenvalue weighted by molar-refractivity contribution is 6.12. The Balaban J connectivity index is 2.57. The van der Waals surface area contributed by atoms with E-state index in [2.05, 4.69) is 0 Å². The first kappa shape index (κ1) is 14.1. The number of para-hydroxylation sites is 1. The second kappa shape index (κ2) is 5.78. The van der Waals surface area contributed by atoms with Gasteiger partial charge in [-0.25, -0.2) is 0 Å². The largest absolute Gasteiger partial charge is 0.496 e. The first-order valence-electron chi connectivity index (χ1n) is 6.42. The maximum absolute atomic E-state index is 12.7. The summed E-state index contributed by atoms with van der Waals surface area (Å²) >= 11 is 0. The third kappa shape index (κ3) is 2.39. The molecule has 20 heavy (non-hydrogen) atoms. The van der Waals surface area contributed by atoms with Crippen molar-refractivity contribution in [2.24, 2.45) is 0 Å². The van der Waals surface area contributed by atoms with E-state index in [9.17, 15) is 4.79 Å². The normalized spacial score (nSPS) is 10.2. The molecule has 3 heteroatoms. The number of hydrogen-bond acceptors (Lipinski definition) is 3. The third-order valence-electron chi connectivity index (χ3n) is 3.48. The van der Waals surface area contributed by atoms with Crippen molar-refractivity contribution in [3.63, 3.8) is 0 Å². The monoisotopic (exact) mass is 270 g/mol. The highest BCUT2D eigenvalue weighted by Gasteiger charge is 2.19. The summed E-state index contributed by atoms with van der Waals surface area (Å²) in [5.74, 6) is 1.10. The van der Waals surface area contributed by atoms with E-state index in [1.54, 1.807) is 32.4 Å². The van der Waals surface area contributed by atoms with Crippen LogP contribution in [-0.4, -0.2) is 20.0 Å². The molecule has 0 N–H and O–H groups in total. The molecular formula is C17H18O3. The highest BCUT2D eigenvalue weighted by Crippen LogP contribution is 2.30. The van der Waals surface area contributed by atoms with Gasteiger partial charge >= 0.3 is 0 Å². The van der Waals surface area contributed by atoms with Crippen LogP contribution in [0, 0.1) is 13.8 Å². The van der Waals surface area contributed by atoms with Gasteiger partial charge in [0.1, 0.15) is 11.5 Å². The molecule has 0 heterocycles. The fourth-order valence-electron chi connectivity index (χ4n) is 2.21. The predicted molar refractivity (Wildman–Crippen MR) is 78.9 cm³/mol. The van der Waals surface area contributed by atoms with E-state index in [1.165, 1.54) is 0 Å². The molecule has 0 spiro atoms. The molecule has 0 bridgehead atoms. The zero-order chi connectivity index (χ0) is 14.7. The van der Waals surface area contributed by atoms with Gasteiger partial charge < -0.3 is 9.47 Å². The van der Waals surface area contributed by atoms with Crippen LogP contribution in [-0.2, 0) is 0 Å². The Morgan fingerprint density at radius 2 is 1.60 bits per heavy atom. The molecule has 0 fully saturated rings. The summed E-state index contributed by atoms with van der Waals surface area (Å²) in [6.45, 7) is 3.95. The number of hydrogen-bond donors (Lipinski definition) is 0. The van der Waals surface area contributed by atoms with Crippen LogP contribution in [0.5, 0.6) is 11.5 Å². The van der Waals surface area contributed by atoms with E-state index >= 15 is 0 Å². The number of carbonyl (C=O) groups is 1. The van der Waals surface area contributed by atoms with E-state index in [0.29, 0.717) is 22.6 Å². The number of benzene rings is 2. The standard InChI is InChI=1S/C17H18O3/c1-11-9-10-14(17(20-4)12(11)2)16(18)13-7-5-6-8-15(13)19-3/h5-10H,1-4H3. The third-order valence-corrected chi connectivity index (χ3v) is 3.48. The second-order valence-corrected chi connectivity index (χ2v) is 4.62. The minimum atomic E-state index is -0.0950. The van der Waals surface area contributed by atoms with Gasteiger partial charge in [0.2, 0.25) is 0 Å². The molecule has 0 radical (unpaired) electrons. The van der Waals surface area contributed by atoms with Crippen molar-refractivity contribution in [3.8, 4) is 11.5 Å². The van der Waals surface area contributed by atoms with Crippen LogP contribution in [0.1, 0.15) is 27.0 Å². The Bertz CT molecular complexity index is 645. The van der Waals surface area contributed by atoms with Gasteiger partial charge in [0, 0.05) is 0 Å². The number of aryl methyl sites for hydroxylation is 1. The fraction of sp³-hybridized carbons (Fsp3) is 0.235. The minimum Gasteiger partial charge on any atom is -0.496 e. The molecule has 2 aromatic carbocycles. The smallest absolute Gasteiger partial charge is 0.200 e. The van der Waals surface area contributed by atoms with Crippen LogP contribution >= 0.6 is 0 Å². The minimum absolute atomic E-state index is 0.0950. The fourth-order valence-corrected chi connectivity index (χ4v) is 2.21. The van der Waals surface area contributed by atoms with Crippen molar-refractivity contribution in [2.75, 3.05) is 14.2 Å². The lowest BCUT2D eigenvalue weighted by atomic mass is 9.97. The van der Waals surface area contributed by atoms with Gasteiger partial charge in [-0.3, -0.25) is 4.79 Å². The molecule has 0 unspecified atom stereocenters. The Morgan fingerprint density at radius 3 is 2.25 bits per heavy atom. The molecule has 0 saturated heterocycles. The SMILES string of the molecule is COc1ccccc1C(=O)c1ccc(C)c(C)c1OC. The van der Waals surface area contributed by atoms with Crippen molar-refractivity contribution >= 4 is 5.78 Å². The van der Waals surface area contributed by atoms with E-state index in [1.807, 2.05) is 32.0 Å². The molecular weight excluding hydrogens is 252 g/mol. The van der Waals surface area contributed by atoms with E-state index in [-0.39, 0.29) is 5.78 Å². The Morgan fingerprint density at radius 1 is 0.900 bits per heavy atom. The molecule has 0 amide bonds. The topological polar surface area (TPSA) is 35.5 Å². The van der Waals surface area contributed by atoms with Crippen LogP contribution in [0.15, 0.2) is 36.4 Å². The van der Waals surface area contributed by atoms with Crippen molar-refractivity contribution in [1.82, 2.24) is 0 Å². The van der Waals surface area contributed by atoms with Crippen LogP contribution in [0.25, 0.3) is 0 Å². The van der Waals surface area contributed by atoms with Crippen LogP contribution < -0.4 is 9.47 Å². The lowest BCUT2D eigenvalue weighted by molar-refractivity contribution is 0.103. The Labute approximate surface area is 119 Å². The summed E-state index contributed by atoms with van der Waals surface area (Å²) in [7, 11) is 3.14. The summed E-state index contributed by atoms with van der Waals surface area (Å²) in [6.07, 6.45) is 0. The molecule has 0 aliphatic rings.